The Kier molecular flexibility index (Phi) is 2.14. The van der Waals surface area contributed by atoms with Crippen LogP contribution in [0.3, 0.4) is 0 Å². The topological polar surface area (TPSA) is 15.3 Å². The highest BCUT2D eigenvalue weighted by Gasteiger charge is 2.29. The Morgan fingerprint density at radius 3 is 2.64 bits per heavy atom. The fourth-order valence-corrected chi connectivity index (χ4v) is 2.17. The Labute approximate surface area is 69.0 Å². The van der Waals surface area contributed by atoms with Crippen LogP contribution in [-0.2, 0) is 0 Å². The van der Waals surface area contributed by atoms with E-state index in [1.54, 1.807) is 0 Å². The molecule has 0 saturated carbocycles. The smallest absolute Gasteiger partial charge is 0.0348 e. The van der Waals surface area contributed by atoms with Crippen molar-refractivity contribution in [2.24, 2.45) is 0 Å². The predicted molar refractivity (Wildman–Crippen MR) is 46.7 cm³/mol. The van der Waals surface area contributed by atoms with E-state index in [-0.39, 0.29) is 0 Å². The highest BCUT2D eigenvalue weighted by molar-refractivity contribution is 4.88. The van der Waals surface area contributed by atoms with Crippen molar-refractivity contribution in [3.8, 4) is 0 Å². The summed E-state index contributed by atoms with van der Waals surface area (Å²) >= 11 is 0. The summed E-state index contributed by atoms with van der Waals surface area (Å²) in [6.07, 6.45) is 4.27. The minimum absolute atomic E-state index is 0.843. The van der Waals surface area contributed by atoms with E-state index in [4.69, 9.17) is 0 Å². The molecule has 0 amide bonds. The van der Waals surface area contributed by atoms with E-state index < -0.39 is 0 Å². The summed E-state index contributed by atoms with van der Waals surface area (Å²) in [5, 5.41) is 3.34. The van der Waals surface area contributed by atoms with Crippen molar-refractivity contribution in [1.82, 2.24) is 10.2 Å². The van der Waals surface area contributed by atoms with Gasteiger partial charge < -0.3 is 5.32 Å². The molecule has 0 aromatic carbocycles. The fourth-order valence-electron chi connectivity index (χ4n) is 2.17. The van der Waals surface area contributed by atoms with Crippen LogP contribution >= 0.6 is 0 Å². The van der Waals surface area contributed by atoms with Crippen molar-refractivity contribution in [2.45, 2.75) is 38.3 Å². The first kappa shape index (κ1) is 7.56. The molecule has 0 spiro atoms. The van der Waals surface area contributed by atoms with Gasteiger partial charge in [-0.2, -0.15) is 0 Å². The summed E-state index contributed by atoms with van der Waals surface area (Å²) in [4.78, 5) is 2.68. The number of nitrogens with zero attached hydrogens (tertiary/aromatic N) is 1. The molecule has 2 fully saturated rings. The first-order chi connectivity index (χ1) is 5.38. The molecule has 2 aliphatic rings. The second kappa shape index (κ2) is 3.11. The molecular formula is C9H18N2. The lowest BCUT2D eigenvalue weighted by Gasteiger charge is -2.44. The van der Waals surface area contributed by atoms with E-state index in [0.29, 0.717) is 0 Å². The van der Waals surface area contributed by atoms with E-state index in [1.165, 1.54) is 38.9 Å². The molecule has 0 unspecified atom stereocenters. The molecule has 64 valence electrons. The SMILES string of the molecule is C[C@H]1CCCCN1C1CNC1. The number of rotatable bonds is 1. The first-order valence-corrected chi connectivity index (χ1v) is 4.84. The van der Waals surface area contributed by atoms with Crippen LogP contribution in [-0.4, -0.2) is 36.6 Å². The molecule has 0 radical (unpaired) electrons. The Morgan fingerprint density at radius 1 is 1.27 bits per heavy atom. The summed E-state index contributed by atoms with van der Waals surface area (Å²) in [7, 11) is 0. The zero-order valence-electron chi connectivity index (χ0n) is 7.34. The van der Waals surface area contributed by atoms with E-state index in [0.717, 1.165) is 12.1 Å². The van der Waals surface area contributed by atoms with Gasteiger partial charge in [-0.05, 0) is 26.3 Å². The summed E-state index contributed by atoms with van der Waals surface area (Å²) in [6.45, 7) is 6.17. The number of piperidine rings is 1. The molecule has 0 aliphatic carbocycles. The van der Waals surface area contributed by atoms with Gasteiger partial charge in [-0.3, -0.25) is 4.90 Å². The van der Waals surface area contributed by atoms with Gasteiger partial charge in [-0.15, -0.1) is 0 Å². The first-order valence-electron chi connectivity index (χ1n) is 4.84. The van der Waals surface area contributed by atoms with Gasteiger partial charge in [0.15, 0.2) is 0 Å². The van der Waals surface area contributed by atoms with Gasteiger partial charge in [0.2, 0.25) is 0 Å². The second-order valence-corrected chi connectivity index (χ2v) is 3.89. The van der Waals surface area contributed by atoms with Gasteiger partial charge in [0.1, 0.15) is 0 Å². The molecular weight excluding hydrogens is 136 g/mol. The van der Waals surface area contributed by atoms with Crippen molar-refractivity contribution >= 4 is 0 Å². The largest absolute Gasteiger partial charge is 0.314 e. The van der Waals surface area contributed by atoms with Crippen LogP contribution in [0.4, 0.5) is 0 Å². The minimum Gasteiger partial charge on any atom is -0.314 e. The maximum Gasteiger partial charge on any atom is 0.0348 e. The zero-order chi connectivity index (χ0) is 7.68. The average molecular weight is 154 g/mol. The molecule has 1 N–H and O–H groups in total. The third kappa shape index (κ3) is 1.42. The third-order valence-electron chi connectivity index (χ3n) is 3.08. The molecule has 2 heteroatoms. The van der Waals surface area contributed by atoms with Gasteiger partial charge in [-0.1, -0.05) is 6.42 Å². The number of hydrogen-bond donors (Lipinski definition) is 1. The van der Waals surface area contributed by atoms with Crippen molar-refractivity contribution in [3.63, 3.8) is 0 Å². The molecule has 0 bridgehead atoms. The lowest BCUT2D eigenvalue weighted by Crippen LogP contribution is -2.60. The van der Waals surface area contributed by atoms with Crippen molar-refractivity contribution in [3.05, 3.63) is 0 Å². The molecule has 2 saturated heterocycles. The third-order valence-corrected chi connectivity index (χ3v) is 3.08. The van der Waals surface area contributed by atoms with Crippen LogP contribution < -0.4 is 5.32 Å². The molecule has 2 aliphatic heterocycles. The summed E-state index contributed by atoms with van der Waals surface area (Å²) in [5.74, 6) is 0. The van der Waals surface area contributed by atoms with Crippen LogP contribution in [0.25, 0.3) is 0 Å². The minimum atomic E-state index is 0.843. The van der Waals surface area contributed by atoms with E-state index in [2.05, 4.69) is 17.1 Å². The molecule has 2 heterocycles. The second-order valence-electron chi connectivity index (χ2n) is 3.89. The van der Waals surface area contributed by atoms with Crippen LogP contribution in [0.1, 0.15) is 26.2 Å². The summed E-state index contributed by atoms with van der Waals surface area (Å²) in [6, 6.07) is 1.71. The molecule has 11 heavy (non-hydrogen) atoms. The van der Waals surface area contributed by atoms with Gasteiger partial charge in [0.25, 0.3) is 0 Å². The molecule has 1 atom stereocenters. The van der Waals surface area contributed by atoms with Crippen LogP contribution in [0.15, 0.2) is 0 Å². The van der Waals surface area contributed by atoms with Crippen LogP contribution in [0, 0.1) is 0 Å². The van der Waals surface area contributed by atoms with Gasteiger partial charge in [-0.25, -0.2) is 0 Å². The number of likely N-dealkylation sites (tertiary alicyclic amines) is 1. The van der Waals surface area contributed by atoms with Crippen LogP contribution in [0.2, 0.25) is 0 Å². The highest BCUT2D eigenvalue weighted by atomic mass is 15.3. The zero-order valence-corrected chi connectivity index (χ0v) is 7.34. The van der Waals surface area contributed by atoms with E-state index in [9.17, 15) is 0 Å². The maximum atomic E-state index is 3.34. The number of hydrogen-bond acceptors (Lipinski definition) is 2. The maximum absolute atomic E-state index is 3.34. The Hall–Kier alpha value is -0.0800. The summed E-state index contributed by atoms with van der Waals surface area (Å²) in [5.41, 5.74) is 0. The lowest BCUT2D eigenvalue weighted by atomic mass is 9.99. The van der Waals surface area contributed by atoms with Crippen LogP contribution in [0.5, 0.6) is 0 Å². The average Bonchev–Trinajstić information content (AvgIpc) is 1.90. The lowest BCUT2D eigenvalue weighted by molar-refractivity contribution is 0.0741. The van der Waals surface area contributed by atoms with Crippen molar-refractivity contribution < 1.29 is 0 Å². The van der Waals surface area contributed by atoms with Gasteiger partial charge >= 0.3 is 0 Å². The highest BCUT2D eigenvalue weighted by Crippen LogP contribution is 2.20. The molecule has 2 rings (SSSR count). The predicted octanol–water partition coefficient (Wildman–Crippen LogP) is 0.833. The van der Waals surface area contributed by atoms with Gasteiger partial charge in [0, 0.05) is 25.2 Å². The number of nitrogens with one attached hydrogen (secondary N) is 1. The van der Waals surface area contributed by atoms with Crippen molar-refractivity contribution in [1.29, 1.82) is 0 Å². The Balaban J connectivity index is 1.88. The molecule has 0 aromatic rings. The van der Waals surface area contributed by atoms with E-state index in [1.807, 2.05) is 0 Å². The molecule has 2 nitrogen and oxygen atoms in total. The normalized spacial score (nSPS) is 35.2. The Morgan fingerprint density at radius 2 is 2.09 bits per heavy atom. The van der Waals surface area contributed by atoms with Crippen molar-refractivity contribution in [2.75, 3.05) is 19.6 Å². The monoisotopic (exact) mass is 154 g/mol. The fraction of sp³-hybridized carbons (Fsp3) is 1.00. The standard InChI is InChI=1S/C9H18N2/c1-8-4-2-3-5-11(8)9-6-10-7-9/h8-10H,2-7H2,1H3/t8-/m0/s1. The quantitative estimate of drug-likeness (QED) is 0.602. The molecule has 0 aromatic heterocycles. The Bertz CT molecular complexity index is 130. The van der Waals surface area contributed by atoms with Gasteiger partial charge in [0.05, 0.1) is 0 Å². The van der Waals surface area contributed by atoms with E-state index >= 15 is 0 Å². The summed E-state index contributed by atoms with van der Waals surface area (Å²) < 4.78 is 0.